The van der Waals surface area contributed by atoms with Crippen LogP contribution in [-0.2, 0) is 23.9 Å². The summed E-state index contributed by atoms with van der Waals surface area (Å²) in [6, 6.07) is 14.2. The van der Waals surface area contributed by atoms with E-state index >= 15 is 0 Å². The Morgan fingerprint density at radius 2 is 1.44 bits per heavy atom. The first-order valence-corrected chi connectivity index (χ1v) is 11.9. The summed E-state index contributed by atoms with van der Waals surface area (Å²) >= 11 is 1.07. The quantitative estimate of drug-likeness (QED) is 0.137. The fourth-order valence-electron chi connectivity index (χ4n) is 2.59. The zero-order valence-corrected chi connectivity index (χ0v) is 20.5. The molecule has 0 radical (unpaired) electrons. The van der Waals surface area contributed by atoms with Gasteiger partial charge in [-0.2, -0.15) is 4.39 Å². The number of carbonyl (C=O) groups excluding carboxylic acids is 3. The summed E-state index contributed by atoms with van der Waals surface area (Å²) in [4.78, 5) is 34.9. The number of halogens is 1. The summed E-state index contributed by atoms with van der Waals surface area (Å²) in [6.07, 6.45) is 5.79. The first-order chi connectivity index (χ1) is 17.4. The molecule has 0 aliphatic heterocycles. The molecule has 2 aromatic rings. The molecule has 0 aliphatic rings. The maximum Gasteiger partial charge on any atom is 0.366 e. The SMILES string of the molecule is C=CC(=O)OCCCCOc1ccc(/C=C/C(=O)Sc2ccc(OCCOC(=O)C(=C)F)cc2)cc1. The summed E-state index contributed by atoms with van der Waals surface area (Å²) in [5.41, 5.74) is 0.855. The molecule has 9 heteroatoms. The summed E-state index contributed by atoms with van der Waals surface area (Å²) < 4.78 is 33.0. The van der Waals surface area contributed by atoms with Crippen molar-refractivity contribution in [1.82, 2.24) is 0 Å². The van der Waals surface area contributed by atoms with Gasteiger partial charge < -0.3 is 18.9 Å². The zero-order chi connectivity index (χ0) is 26.2. The Hall–Kier alpha value is -3.85. The van der Waals surface area contributed by atoms with Gasteiger partial charge in [-0.3, -0.25) is 4.79 Å². The number of hydrogen-bond donors (Lipinski definition) is 0. The van der Waals surface area contributed by atoms with Crippen LogP contribution in [-0.4, -0.2) is 43.5 Å². The Bertz CT molecular complexity index is 1060. The first kappa shape index (κ1) is 28.4. The monoisotopic (exact) mass is 514 g/mol. The second-order valence-corrected chi connectivity index (χ2v) is 8.19. The van der Waals surface area contributed by atoms with Crippen molar-refractivity contribution in [3.63, 3.8) is 0 Å². The van der Waals surface area contributed by atoms with Gasteiger partial charge in [0.1, 0.15) is 24.7 Å². The summed E-state index contributed by atoms with van der Waals surface area (Å²) in [5.74, 6) is -1.46. The Labute approximate surface area is 213 Å². The molecule has 190 valence electrons. The minimum Gasteiger partial charge on any atom is -0.494 e. The van der Waals surface area contributed by atoms with Crippen LogP contribution in [0.25, 0.3) is 6.08 Å². The van der Waals surface area contributed by atoms with Crippen LogP contribution in [0.2, 0.25) is 0 Å². The lowest BCUT2D eigenvalue weighted by atomic mass is 10.2. The summed E-state index contributed by atoms with van der Waals surface area (Å²) in [6.45, 7) is 6.97. The van der Waals surface area contributed by atoms with E-state index in [9.17, 15) is 18.8 Å². The van der Waals surface area contributed by atoms with Gasteiger partial charge in [0.15, 0.2) is 0 Å². The number of benzene rings is 2. The Morgan fingerprint density at radius 3 is 2.08 bits per heavy atom. The molecule has 0 N–H and O–H groups in total. The molecule has 2 rings (SSSR count). The Kier molecular flexibility index (Phi) is 12.6. The average Bonchev–Trinajstić information content (AvgIpc) is 2.88. The maximum absolute atomic E-state index is 12.5. The summed E-state index contributed by atoms with van der Waals surface area (Å²) in [7, 11) is 0. The zero-order valence-electron chi connectivity index (χ0n) is 19.7. The fourth-order valence-corrected chi connectivity index (χ4v) is 3.23. The first-order valence-electron chi connectivity index (χ1n) is 11.0. The lowest BCUT2D eigenvalue weighted by Crippen LogP contribution is -2.12. The molecule has 0 fully saturated rings. The van der Waals surface area contributed by atoms with Crippen molar-refractivity contribution >= 4 is 34.9 Å². The molecular formula is C27H27FO7S. The van der Waals surface area contributed by atoms with E-state index in [2.05, 4.69) is 17.9 Å². The van der Waals surface area contributed by atoms with E-state index < -0.39 is 17.8 Å². The standard InChI is InChI=1S/C27H27FO7S/c1-3-25(29)34-17-5-4-16-32-22-9-6-21(7-10-22)8-15-26(30)36-24-13-11-23(12-14-24)33-18-19-35-27(31)20(2)28/h3,6-15H,1-2,4-5,16-19H2/b15-8+. The number of thioether (sulfide) groups is 1. The molecule has 0 heterocycles. The molecule has 0 saturated heterocycles. The maximum atomic E-state index is 12.5. The molecule has 0 aliphatic carbocycles. The van der Waals surface area contributed by atoms with Crippen LogP contribution in [0.5, 0.6) is 11.5 Å². The van der Waals surface area contributed by atoms with Gasteiger partial charge in [0.25, 0.3) is 0 Å². The van der Waals surface area contributed by atoms with E-state index in [4.69, 9.17) is 14.2 Å². The smallest absolute Gasteiger partial charge is 0.366 e. The predicted octanol–water partition coefficient (Wildman–Crippen LogP) is 5.31. The van der Waals surface area contributed by atoms with E-state index in [0.29, 0.717) is 31.1 Å². The van der Waals surface area contributed by atoms with Crippen LogP contribution >= 0.6 is 11.8 Å². The Balaban J connectivity index is 1.68. The van der Waals surface area contributed by atoms with Crippen molar-refractivity contribution in [2.45, 2.75) is 17.7 Å². The van der Waals surface area contributed by atoms with Gasteiger partial charge in [-0.15, -0.1) is 0 Å². The minimum absolute atomic E-state index is 0.0598. The Morgan fingerprint density at radius 1 is 0.833 bits per heavy atom. The molecular weight excluding hydrogens is 487 g/mol. The van der Waals surface area contributed by atoms with Gasteiger partial charge in [0, 0.05) is 11.0 Å². The van der Waals surface area contributed by atoms with Crippen LogP contribution in [0.1, 0.15) is 18.4 Å². The van der Waals surface area contributed by atoms with Gasteiger partial charge >= 0.3 is 11.9 Å². The highest BCUT2D eigenvalue weighted by Gasteiger charge is 2.07. The lowest BCUT2D eigenvalue weighted by molar-refractivity contribution is -0.141. The van der Waals surface area contributed by atoms with Crippen molar-refractivity contribution in [2.75, 3.05) is 26.4 Å². The topological polar surface area (TPSA) is 88.1 Å². The van der Waals surface area contributed by atoms with Crippen LogP contribution < -0.4 is 9.47 Å². The van der Waals surface area contributed by atoms with Crippen molar-refractivity contribution in [3.8, 4) is 11.5 Å². The third-order valence-electron chi connectivity index (χ3n) is 4.36. The average molecular weight is 515 g/mol. The second kappa shape index (κ2) is 15.9. The molecule has 7 nitrogen and oxygen atoms in total. The van der Waals surface area contributed by atoms with Crippen LogP contribution in [0.3, 0.4) is 0 Å². The van der Waals surface area contributed by atoms with Crippen LogP contribution in [0.4, 0.5) is 4.39 Å². The molecule has 0 amide bonds. The molecule has 0 aromatic heterocycles. The number of unbranched alkanes of at least 4 members (excludes halogenated alkanes) is 1. The molecule has 0 spiro atoms. The molecule has 2 aromatic carbocycles. The van der Waals surface area contributed by atoms with Crippen molar-refractivity contribution < 1.29 is 37.7 Å². The highest BCUT2D eigenvalue weighted by atomic mass is 32.2. The highest BCUT2D eigenvalue weighted by molar-refractivity contribution is 8.14. The molecule has 0 atom stereocenters. The normalized spacial score (nSPS) is 10.5. The molecule has 36 heavy (non-hydrogen) atoms. The number of rotatable bonds is 15. The van der Waals surface area contributed by atoms with E-state index in [-0.39, 0.29) is 18.3 Å². The van der Waals surface area contributed by atoms with Gasteiger partial charge in [0.05, 0.1) is 13.2 Å². The fraction of sp³-hybridized carbons (Fsp3) is 0.222. The number of hydrogen-bond acceptors (Lipinski definition) is 8. The largest absolute Gasteiger partial charge is 0.494 e. The third kappa shape index (κ3) is 11.5. The summed E-state index contributed by atoms with van der Waals surface area (Å²) in [5, 5.41) is -0.139. The highest BCUT2D eigenvalue weighted by Crippen LogP contribution is 2.23. The van der Waals surface area contributed by atoms with Crippen LogP contribution in [0.15, 0.2) is 84.6 Å². The van der Waals surface area contributed by atoms with Crippen LogP contribution in [0, 0.1) is 0 Å². The van der Waals surface area contributed by atoms with E-state index in [1.165, 1.54) is 6.08 Å². The number of esters is 2. The number of ether oxygens (including phenoxy) is 4. The van der Waals surface area contributed by atoms with E-state index in [1.54, 1.807) is 30.3 Å². The van der Waals surface area contributed by atoms with E-state index in [0.717, 1.165) is 34.7 Å². The molecule has 0 unspecified atom stereocenters. The van der Waals surface area contributed by atoms with Crippen molar-refractivity contribution in [3.05, 3.63) is 85.2 Å². The second-order valence-electron chi connectivity index (χ2n) is 7.11. The van der Waals surface area contributed by atoms with Gasteiger partial charge in [-0.25, -0.2) is 9.59 Å². The van der Waals surface area contributed by atoms with Gasteiger partial charge in [0.2, 0.25) is 10.9 Å². The van der Waals surface area contributed by atoms with Crippen molar-refractivity contribution in [2.24, 2.45) is 0 Å². The third-order valence-corrected chi connectivity index (χ3v) is 5.20. The van der Waals surface area contributed by atoms with E-state index in [1.807, 2.05) is 24.3 Å². The van der Waals surface area contributed by atoms with Gasteiger partial charge in [-0.1, -0.05) is 31.4 Å². The van der Waals surface area contributed by atoms with Gasteiger partial charge in [-0.05, 0) is 72.6 Å². The molecule has 0 saturated carbocycles. The van der Waals surface area contributed by atoms with Crippen molar-refractivity contribution in [1.29, 1.82) is 0 Å². The lowest BCUT2D eigenvalue weighted by Gasteiger charge is -2.07. The minimum atomic E-state index is -1.16. The predicted molar refractivity (Wildman–Crippen MR) is 135 cm³/mol. The number of carbonyl (C=O) groups is 3. The molecule has 0 bridgehead atoms.